The predicted molar refractivity (Wildman–Crippen MR) is 143 cm³/mol. The molecule has 196 valence electrons. The van der Waals surface area contributed by atoms with E-state index in [1.807, 2.05) is 26.0 Å². The highest BCUT2D eigenvalue weighted by Crippen LogP contribution is 2.35. The molecule has 2 aliphatic rings. The number of carbonyl (C=O) groups excluding carboxylic acids is 1. The lowest BCUT2D eigenvalue weighted by atomic mass is 10.0. The molecule has 1 aliphatic carbocycles. The maximum atomic E-state index is 13.3. The summed E-state index contributed by atoms with van der Waals surface area (Å²) in [6.45, 7) is 7.75. The van der Waals surface area contributed by atoms with Gasteiger partial charge in [0.15, 0.2) is 0 Å². The van der Waals surface area contributed by atoms with Crippen molar-refractivity contribution in [3.8, 4) is 6.07 Å². The van der Waals surface area contributed by atoms with Gasteiger partial charge in [0.2, 0.25) is 15.9 Å². The third kappa shape index (κ3) is 5.30. The standard InChI is InChI=1S/C27H33N5O4S/c1-18(2)14-23(26(33)29-27(17-28)8-9-27)30-37(34,35)20-5-6-21-22-15-19(32-12-10-31(3)11-13-32)4-7-24(22)36-25(21)16-20/h4-7,15-16,18,23,30H,8-14H2,1-3H3,(H,29,33)/t23-/m0/s1. The number of furan rings is 1. The summed E-state index contributed by atoms with van der Waals surface area (Å²) in [5, 5.41) is 13.8. The van der Waals surface area contributed by atoms with Crippen molar-refractivity contribution in [2.75, 3.05) is 38.1 Å². The second-order valence-corrected chi connectivity index (χ2v) is 12.4. The van der Waals surface area contributed by atoms with E-state index in [1.54, 1.807) is 12.1 Å². The number of rotatable bonds is 8. The van der Waals surface area contributed by atoms with Crippen LogP contribution in [0.4, 0.5) is 5.69 Å². The maximum Gasteiger partial charge on any atom is 0.241 e. The Hall–Kier alpha value is -3.13. The largest absolute Gasteiger partial charge is 0.456 e. The van der Waals surface area contributed by atoms with Crippen LogP contribution in [-0.2, 0) is 14.8 Å². The number of anilines is 1. The summed E-state index contributed by atoms with van der Waals surface area (Å²) in [5.41, 5.74) is 1.42. The molecule has 1 saturated carbocycles. The van der Waals surface area contributed by atoms with Gasteiger partial charge < -0.3 is 19.5 Å². The van der Waals surface area contributed by atoms with Gasteiger partial charge in [0.05, 0.1) is 11.0 Å². The molecule has 2 N–H and O–H groups in total. The Bertz CT molecular complexity index is 1480. The van der Waals surface area contributed by atoms with Crippen LogP contribution in [0.2, 0.25) is 0 Å². The zero-order valence-electron chi connectivity index (χ0n) is 21.5. The predicted octanol–water partition coefficient (Wildman–Crippen LogP) is 3.20. The average Bonchev–Trinajstić information content (AvgIpc) is 3.54. The van der Waals surface area contributed by atoms with Gasteiger partial charge in [0.25, 0.3) is 0 Å². The number of nitrogens with zero attached hydrogens (tertiary/aromatic N) is 3. The molecule has 1 atom stereocenters. The van der Waals surface area contributed by atoms with Crippen LogP contribution in [0.3, 0.4) is 0 Å². The van der Waals surface area contributed by atoms with Crippen molar-refractivity contribution in [3.05, 3.63) is 36.4 Å². The lowest BCUT2D eigenvalue weighted by molar-refractivity contribution is -0.123. The second-order valence-electron chi connectivity index (χ2n) is 10.7. The molecule has 0 bridgehead atoms. The number of carbonyl (C=O) groups is 1. The lowest BCUT2D eigenvalue weighted by Gasteiger charge is -2.34. The van der Waals surface area contributed by atoms with Crippen molar-refractivity contribution in [1.82, 2.24) is 14.9 Å². The topological polar surface area (TPSA) is 119 Å². The van der Waals surface area contributed by atoms with Crippen LogP contribution >= 0.6 is 0 Å². The van der Waals surface area contributed by atoms with E-state index in [0.29, 0.717) is 30.4 Å². The second kappa shape index (κ2) is 9.63. The van der Waals surface area contributed by atoms with Crippen LogP contribution in [-0.4, -0.2) is 64.0 Å². The quantitative estimate of drug-likeness (QED) is 0.465. The number of fused-ring (bicyclic) bond motifs is 3. The molecule has 0 radical (unpaired) electrons. The van der Waals surface area contributed by atoms with E-state index in [9.17, 15) is 18.5 Å². The van der Waals surface area contributed by atoms with E-state index in [2.05, 4.69) is 39.0 Å². The van der Waals surface area contributed by atoms with E-state index in [1.165, 1.54) is 6.07 Å². The van der Waals surface area contributed by atoms with Gasteiger partial charge in [-0.3, -0.25) is 4.79 Å². The Kier molecular flexibility index (Phi) is 6.64. The normalized spacial score (nSPS) is 18.7. The average molecular weight is 524 g/mol. The van der Waals surface area contributed by atoms with Gasteiger partial charge in [0, 0.05) is 48.7 Å². The summed E-state index contributed by atoms with van der Waals surface area (Å²) < 4.78 is 35.2. The molecule has 5 rings (SSSR count). The van der Waals surface area contributed by atoms with Gasteiger partial charge in [-0.1, -0.05) is 13.8 Å². The summed E-state index contributed by atoms with van der Waals surface area (Å²) in [4.78, 5) is 17.6. The van der Waals surface area contributed by atoms with Crippen LogP contribution in [0.25, 0.3) is 21.9 Å². The summed E-state index contributed by atoms with van der Waals surface area (Å²) in [6, 6.07) is 12.0. The van der Waals surface area contributed by atoms with Crippen LogP contribution < -0.4 is 14.9 Å². The van der Waals surface area contributed by atoms with Crippen molar-refractivity contribution < 1.29 is 17.6 Å². The van der Waals surface area contributed by atoms with E-state index >= 15 is 0 Å². The number of amides is 1. The number of sulfonamides is 1. The Morgan fingerprint density at radius 2 is 1.81 bits per heavy atom. The molecule has 37 heavy (non-hydrogen) atoms. The number of nitrogens with one attached hydrogen (secondary N) is 2. The molecule has 10 heteroatoms. The van der Waals surface area contributed by atoms with E-state index < -0.39 is 27.5 Å². The number of benzene rings is 2. The summed E-state index contributed by atoms with van der Waals surface area (Å²) in [6.07, 6.45) is 1.47. The summed E-state index contributed by atoms with van der Waals surface area (Å²) in [7, 11) is -1.90. The molecule has 1 aliphatic heterocycles. The molecule has 0 unspecified atom stereocenters. The van der Waals surface area contributed by atoms with E-state index in [-0.39, 0.29) is 10.8 Å². The van der Waals surface area contributed by atoms with Crippen molar-refractivity contribution >= 4 is 43.6 Å². The van der Waals surface area contributed by atoms with Crippen molar-refractivity contribution in [2.24, 2.45) is 5.92 Å². The summed E-state index contributed by atoms with van der Waals surface area (Å²) >= 11 is 0. The Morgan fingerprint density at radius 1 is 1.08 bits per heavy atom. The molecule has 3 aromatic rings. The number of hydrogen-bond acceptors (Lipinski definition) is 7. The zero-order valence-corrected chi connectivity index (χ0v) is 22.3. The van der Waals surface area contributed by atoms with Crippen LogP contribution in [0.15, 0.2) is 45.7 Å². The first-order chi connectivity index (χ1) is 17.6. The Morgan fingerprint density at radius 3 is 2.46 bits per heavy atom. The third-order valence-electron chi connectivity index (χ3n) is 7.25. The lowest BCUT2D eigenvalue weighted by Crippen LogP contribution is -2.50. The molecule has 9 nitrogen and oxygen atoms in total. The van der Waals surface area contributed by atoms with Gasteiger partial charge >= 0.3 is 0 Å². The molecule has 0 spiro atoms. The third-order valence-corrected chi connectivity index (χ3v) is 8.72. The smallest absolute Gasteiger partial charge is 0.241 e. The van der Waals surface area contributed by atoms with Gasteiger partial charge in [-0.15, -0.1) is 0 Å². The van der Waals surface area contributed by atoms with Crippen LogP contribution in [0.1, 0.15) is 33.1 Å². The first-order valence-electron chi connectivity index (χ1n) is 12.7. The fourth-order valence-electron chi connectivity index (χ4n) is 4.82. The van der Waals surface area contributed by atoms with E-state index in [4.69, 9.17) is 4.42 Å². The molecule has 2 aromatic carbocycles. The number of likely N-dealkylation sites (N-methyl/N-ethyl adjacent to an activating group) is 1. The molecule has 1 aromatic heterocycles. The fourth-order valence-corrected chi connectivity index (χ4v) is 6.05. The molecule has 2 fully saturated rings. The molecular weight excluding hydrogens is 490 g/mol. The maximum absolute atomic E-state index is 13.3. The molecule has 2 heterocycles. The van der Waals surface area contributed by atoms with Crippen LogP contribution in [0, 0.1) is 17.2 Å². The first kappa shape index (κ1) is 25.5. The number of nitriles is 1. The van der Waals surface area contributed by atoms with Crippen LogP contribution in [0.5, 0.6) is 0 Å². The van der Waals surface area contributed by atoms with Gasteiger partial charge in [-0.25, -0.2) is 8.42 Å². The molecular formula is C27H33N5O4S. The monoisotopic (exact) mass is 523 g/mol. The highest BCUT2D eigenvalue weighted by Gasteiger charge is 2.46. The van der Waals surface area contributed by atoms with Crippen molar-refractivity contribution in [1.29, 1.82) is 5.26 Å². The van der Waals surface area contributed by atoms with Gasteiger partial charge in [0.1, 0.15) is 22.7 Å². The number of hydrogen-bond donors (Lipinski definition) is 2. The zero-order chi connectivity index (χ0) is 26.4. The van der Waals surface area contributed by atoms with Crippen molar-refractivity contribution in [3.63, 3.8) is 0 Å². The van der Waals surface area contributed by atoms with Gasteiger partial charge in [-0.2, -0.15) is 9.98 Å². The highest BCUT2D eigenvalue weighted by atomic mass is 32.2. The minimum Gasteiger partial charge on any atom is -0.456 e. The summed E-state index contributed by atoms with van der Waals surface area (Å²) in [5.74, 6) is -0.402. The van der Waals surface area contributed by atoms with Gasteiger partial charge in [-0.05, 0) is 62.6 Å². The molecule has 1 amide bonds. The molecule has 1 saturated heterocycles. The minimum atomic E-state index is -4.02. The first-order valence-corrected chi connectivity index (χ1v) is 14.2. The highest BCUT2D eigenvalue weighted by molar-refractivity contribution is 7.89. The Labute approximate surface area is 217 Å². The SMILES string of the molecule is CC(C)C[C@H](NS(=O)(=O)c1ccc2c(c1)oc1ccc(N3CCN(C)CC3)cc12)C(=O)NC1(C#N)CC1. The Balaban J connectivity index is 1.40. The van der Waals surface area contributed by atoms with E-state index in [0.717, 1.165) is 42.6 Å². The number of piperazine rings is 1. The minimum absolute atomic E-state index is 0.0290. The fraction of sp³-hybridized carbons (Fsp3) is 0.481. The van der Waals surface area contributed by atoms with Crippen molar-refractivity contribution in [2.45, 2.75) is 49.6 Å².